The van der Waals surface area contributed by atoms with Crippen LogP contribution in [0.2, 0.25) is 0 Å². The van der Waals surface area contributed by atoms with E-state index in [1.165, 1.54) is 0 Å². The number of nitrogens with zero attached hydrogens (tertiary/aromatic N) is 2. The average molecular weight is 292 g/mol. The quantitative estimate of drug-likeness (QED) is 0.933. The average Bonchev–Trinajstić information content (AvgIpc) is 2.32. The molecule has 88 valence electrons. The number of halogens is 1. The predicted octanol–water partition coefficient (Wildman–Crippen LogP) is 3.85. The molecule has 0 radical (unpaired) electrons. The van der Waals surface area contributed by atoms with Crippen LogP contribution in [0.5, 0.6) is 0 Å². The van der Waals surface area contributed by atoms with E-state index >= 15 is 0 Å². The first-order valence-corrected chi connectivity index (χ1v) is 6.33. The van der Waals surface area contributed by atoms with Gasteiger partial charge in [-0.2, -0.15) is 0 Å². The van der Waals surface area contributed by atoms with E-state index in [4.69, 9.17) is 0 Å². The lowest BCUT2D eigenvalue weighted by Gasteiger charge is -2.11. The molecule has 0 aliphatic rings. The van der Waals surface area contributed by atoms with Crippen LogP contribution in [0.15, 0.2) is 35.1 Å². The van der Waals surface area contributed by atoms with Gasteiger partial charge in [-0.05, 0) is 37.6 Å². The van der Waals surface area contributed by atoms with Crippen LogP contribution in [0.3, 0.4) is 0 Å². The van der Waals surface area contributed by atoms with E-state index < -0.39 is 0 Å². The van der Waals surface area contributed by atoms with Gasteiger partial charge in [-0.3, -0.25) is 0 Å². The van der Waals surface area contributed by atoms with Crippen LogP contribution < -0.4 is 5.32 Å². The normalized spacial score (nSPS) is 10.3. The predicted molar refractivity (Wildman–Crippen MR) is 73.6 cm³/mol. The van der Waals surface area contributed by atoms with Crippen LogP contribution in [0.1, 0.15) is 18.2 Å². The molecule has 17 heavy (non-hydrogen) atoms. The summed E-state index contributed by atoms with van der Waals surface area (Å²) in [6, 6.07) is 8.03. The highest BCUT2D eigenvalue weighted by Gasteiger charge is 2.06. The maximum atomic E-state index is 4.29. The molecule has 0 saturated carbocycles. The third-order valence-electron chi connectivity index (χ3n) is 2.62. The summed E-state index contributed by atoms with van der Waals surface area (Å²) in [5, 5.41) is 3.32. The fraction of sp³-hybridized carbons (Fsp3) is 0.231. The van der Waals surface area contributed by atoms with Gasteiger partial charge >= 0.3 is 0 Å². The van der Waals surface area contributed by atoms with Crippen molar-refractivity contribution < 1.29 is 0 Å². The summed E-state index contributed by atoms with van der Waals surface area (Å²) in [5.41, 5.74) is 3.22. The minimum atomic E-state index is 0.891. The van der Waals surface area contributed by atoms with Crippen LogP contribution >= 0.6 is 15.9 Å². The monoisotopic (exact) mass is 291 g/mol. The van der Waals surface area contributed by atoms with Crippen molar-refractivity contribution in [1.29, 1.82) is 0 Å². The molecule has 1 aromatic carbocycles. The number of rotatable bonds is 3. The van der Waals surface area contributed by atoms with E-state index in [2.05, 4.69) is 38.1 Å². The topological polar surface area (TPSA) is 37.8 Å². The van der Waals surface area contributed by atoms with Crippen LogP contribution in [-0.2, 0) is 6.42 Å². The summed E-state index contributed by atoms with van der Waals surface area (Å²) in [6.07, 6.45) is 2.52. The first-order valence-electron chi connectivity index (χ1n) is 5.53. The molecule has 0 aliphatic carbocycles. The molecule has 2 rings (SSSR count). The third kappa shape index (κ3) is 2.82. The van der Waals surface area contributed by atoms with Crippen molar-refractivity contribution >= 4 is 27.4 Å². The minimum absolute atomic E-state index is 0.891. The van der Waals surface area contributed by atoms with E-state index in [0.29, 0.717) is 0 Å². The number of hydrogen-bond donors (Lipinski definition) is 1. The molecule has 0 saturated heterocycles. The number of anilines is 2. The van der Waals surface area contributed by atoms with Crippen LogP contribution in [0.4, 0.5) is 11.5 Å². The SMILES string of the molecule is CCc1c(C)ncnc1Nc1ccc(Br)cc1. The Morgan fingerprint density at radius 3 is 2.53 bits per heavy atom. The molecule has 0 unspecified atom stereocenters. The van der Waals surface area contributed by atoms with Gasteiger partial charge in [0.15, 0.2) is 0 Å². The summed E-state index contributed by atoms with van der Waals surface area (Å²) in [4.78, 5) is 8.50. The van der Waals surface area contributed by atoms with Crippen molar-refractivity contribution in [3.8, 4) is 0 Å². The molecule has 1 aromatic heterocycles. The lowest BCUT2D eigenvalue weighted by atomic mass is 10.1. The first kappa shape index (κ1) is 12.0. The molecular formula is C13H14BrN3. The summed E-state index contributed by atoms with van der Waals surface area (Å²) in [7, 11) is 0. The fourth-order valence-corrected chi connectivity index (χ4v) is 1.97. The van der Waals surface area contributed by atoms with Gasteiger partial charge in [-0.15, -0.1) is 0 Å². The Morgan fingerprint density at radius 2 is 1.88 bits per heavy atom. The summed E-state index contributed by atoms with van der Waals surface area (Å²) >= 11 is 3.42. The highest BCUT2D eigenvalue weighted by atomic mass is 79.9. The fourth-order valence-electron chi connectivity index (χ4n) is 1.70. The molecule has 0 bridgehead atoms. The van der Waals surface area contributed by atoms with Gasteiger partial charge in [0.2, 0.25) is 0 Å². The molecule has 0 amide bonds. The van der Waals surface area contributed by atoms with E-state index in [1.807, 2.05) is 31.2 Å². The van der Waals surface area contributed by atoms with E-state index in [9.17, 15) is 0 Å². The second kappa shape index (κ2) is 5.27. The smallest absolute Gasteiger partial charge is 0.137 e. The van der Waals surface area contributed by atoms with E-state index in [1.54, 1.807) is 6.33 Å². The highest BCUT2D eigenvalue weighted by molar-refractivity contribution is 9.10. The van der Waals surface area contributed by atoms with Crippen molar-refractivity contribution in [1.82, 2.24) is 9.97 Å². The van der Waals surface area contributed by atoms with Crippen molar-refractivity contribution in [2.45, 2.75) is 20.3 Å². The second-order valence-electron chi connectivity index (χ2n) is 3.77. The molecule has 0 atom stereocenters. The highest BCUT2D eigenvalue weighted by Crippen LogP contribution is 2.21. The molecule has 0 aliphatic heterocycles. The van der Waals surface area contributed by atoms with Crippen molar-refractivity contribution in [2.75, 3.05) is 5.32 Å². The lowest BCUT2D eigenvalue weighted by molar-refractivity contribution is 1.000. The molecule has 0 spiro atoms. The Balaban J connectivity index is 2.29. The second-order valence-corrected chi connectivity index (χ2v) is 4.69. The van der Waals surface area contributed by atoms with Crippen molar-refractivity contribution in [3.05, 3.63) is 46.3 Å². The number of nitrogens with one attached hydrogen (secondary N) is 1. The minimum Gasteiger partial charge on any atom is -0.340 e. The number of hydrogen-bond acceptors (Lipinski definition) is 3. The van der Waals surface area contributed by atoms with Gasteiger partial charge in [0.1, 0.15) is 12.1 Å². The standard InChI is InChI=1S/C13H14BrN3/c1-3-12-9(2)15-8-16-13(12)17-11-6-4-10(14)5-7-11/h4-8H,3H2,1-2H3,(H,15,16,17). The van der Waals surface area contributed by atoms with Gasteiger partial charge in [-0.25, -0.2) is 9.97 Å². The van der Waals surface area contributed by atoms with Gasteiger partial charge in [0.25, 0.3) is 0 Å². The molecule has 1 heterocycles. The number of aromatic nitrogens is 2. The molecular weight excluding hydrogens is 278 g/mol. The summed E-state index contributed by atoms with van der Waals surface area (Å²) < 4.78 is 1.07. The van der Waals surface area contributed by atoms with Gasteiger partial charge < -0.3 is 5.32 Å². The molecule has 2 aromatic rings. The zero-order chi connectivity index (χ0) is 12.3. The zero-order valence-electron chi connectivity index (χ0n) is 9.87. The lowest BCUT2D eigenvalue weighted by Crippen LogP contribution is -2.02. The van der Waals surface area contributed by atoms with Gasteiger partial charge in [0, 0.05) is 21.4 Å². The maximum absolute atomic E-state index is 4.29. The Morgan fingerprint density at radius 1 is 1.18 bits per heavy atom. The number of benzene rings is 1. The zero-order valence-corrected chi connectivity index (χ0v) is 11.5. The van der Waals surface area contributed by atoms with Crippen molar-refractivity contribution in [2.24, 2.45) is 0 Å². The van der Waals surface area contributed by atoms with Crippen molar-refractivity contribution in [3.63, 3.8) is 0 Å². The van der Waals surface area contributed by atoms with Crippen LogP contribution in [-0.4, -0.2) is 9.97 Å². The largest absolute Gasteiger partial charge is 0.340 e. The van der Waals surface area contributed by atoms with Crippen LogP contribution in [0, 0.1) is 6.92 Å². The molecule has 4 heteroatoms. The summed E-state index contributed by atoms with van der Waals surface area (Å²) in [6.45, 7) is 4.12. The Bertz CT molecular complexity index is 509. The van der Waals surface area contributed by atoms with E-state index in [0.717, 1.165) is 33.7 Å². The third-order valence-corrected chi connectivity index (χ3v) is 3.15. The Hall–Kier alpha value is -1.42. The van der Waals surface area contributed by atoms with E-state index in [-0.39, 0.29) is 0 Å². The maximum Gasteiger partial charge on any atom is 0.137 e. The van der Waals surface area contributed by atoms with Gasteiger partial charge in [-0.1, -0.05) is 22.9 Å². The molecule has 0 fully saturated rings. The van der Waals surface area contributed by atoms with Crippen LogP contribution in [0.25, 0.3) is 0 Å². The molecule has 1 N–H and O–H groups in total. The van der Waals surface area contributed by atoms with Gasteiger partial charge in [0.05, 0.1) is 0 Å². The Labute approximate surface area is 109 Å². The number of aryl methyl sites for hydroxylation is 1. The summed E-state index contributed by atoms with van der Waals surface area (Å²) in [5.74, 6) is 0.891. The first-order chi connectivity index (χ1) is 8.20. The molecule has 3 nitrogen and oxygen atoms in total. The Kier molecular flexibility index (Phi) is 3.74.